The number of nitrogens with zero attached hydrogens (tertiary/aromatic N) is 3. The SMILES string of the molecule is O=C(O)/C=C/C(=O)O.c1ncc2[nH]cnc2n1. The lowest BCUT2D eigenvalue weighted by Gasteiger charge is -1.80. The highest BCUT2D eigenvalue weighted by molar-refractivity contribution is 5.89. The first-order valence-electron chi connectivity index (χ1n) is 4.32. The van der Waals surface area contributed by atoms with Crippen LogP contribution in [-0.4, -0.2) is 42.1 Å². The summed E-state index contributed by atoms with van der Waals surface area (Å²) >= 11 is 0. The van der Waals surface area contributed by atoms with Gasteiger partial charge in [0.25, 0.3) is 0 Å². The van der Waals surface area contributed by atoms with Crippen LogP contribution >= 0.6 is 0 Å². The van der Waals surface area contributed by atoms with Gasteiger partial charge in [-0.3, -0.25) is 0 Å². The Balaban J connectivity index is 0.000000172. The number of imidazole rings is 1. The maximum atomic E-state index is 9.55. The van der Waals surface area contributed by atoms with Crippen molar-refractivity contribution in [3.05, 3.63) is 31.0 Å². The van der Waals surface area contributed by atoms with Crippen LogP contribution in [0.25, 0.3) is 11.2 Å². The number of H-pyrrole nitrogens is 1. The highest BCUT2D eigenvalue weighted by Gasteiger charge is 1.91. The first-order chi connectivity index (χ1) is 8.09. The van der Waals surface area contributed by atoms with Gasteiger partial charge >= 0.3 is 11.9 Å². The third-order valence-corrected chi connectivity index (χ3v) is 1.47. The summed E-state index contributed by atoms with van der Waals surface area (Å²) in [6.45, 7) is 0. The molecule has 2 aromatic rings. The predicted octanol–water partition coefficient (Wildman–Crippen LogP) is 0.0647. The van der Waals surface area contributed by atoms with E-state index in [4.69, 9.17) is 10.2 Å². The van der Waals surface area contributed by atoms with Crippen molar-refractivity contribution in [3.63, 3.8) is 0 Å². The Morgan fingerprint density at radius 3 is 2.35 bits per heavy atom. The van der Waals surface area contributed by atoms with Crippen molar-refractivity contribution >= 4 is 23.1 Å². The summed E-state index contributed by atoms with van der Waals surface area (Å²) in [6, 6.07) is 0. The van der Waals surface area contributed by atoms with Crippen molar-refractivity contribution < 1.29 is 19.8 Å². The van der Waals surface area contributed by atoms with Crippen LogP contribution in [0.2, 0.25) is 0 Å². The Morgan fingerprint density at radius 2 is 1.82 bits per heavy atom. The van der Waals surface area contributed by atoms with Crippen LogP contribution in [0, 0.1) is 0 Å². The Kier molecular flexibility index (Phi) is 4.31. The molecule has 0 saturated carbocycles. The van der Waals surface area contributed by atoms with E-state index in [0.29, 0.717) is 17.8 Å². The van der Waals surface area contributed by atoms with Gasteiger partial charge in [0, 0.05) is 12.2 Å². The van der Waals surface area contributed by atoms with Gasteiger partial charge in [0.05, 0.1) is 12.5 Å². The molecule has 0 saturated heterocycles. The first kappa shape index (κ1) is 12.3. The fourth-order valence-electron chi connectivity index (χ4n) is 0.833. The molecule has 8 heteroatoms. The van der Waals surface area contributed by atoms with E-state index in [-0.39, 0.29) is 0 Å². The average Bonchev–Trinajstić information content (AvgIpc) is 2.75. The lowest BCUT2D eigenvalue weighted by atomic mass is 10.5. The topological polar surface area (TPSA) is 129 Å². The molecule has 3 N–H and O–H groups in total. The third kappa shape index (κ3) is 4.51. The van der Waals surface area contributed by atoms with Crippen LogP contribution in [0.5, 0.6) is 0 Å². The van der Waals surface area contributed by atoms with E-state index in [1.807, 2.05) is 0 Å². The summed E-state index contributed by atoms with van der Waals surface area (Å²) in [4.78, 5) is 33.6. The quantitative estimate of drug-likeness (QED) is 0.629. The van der Waals surface area contributed by atoms with Gasteiger partial charge in [0.2, 0.25) is 0 Å². The van der Waals surface area contributed by atoms with Crippen molar-refractivity contribution in [1.29, 1.82) is 0 Å². The Morgan fingerprint density at radius 1 is 1.18 bits per heavy atom. The average molecular weight is 236 g/mol. The standard InChI is InChI=1S/C5H4N4.C4H4O4/c1-4-5(8-2-6-1)9-3-7-4;5-3(6)1-2-4(7)8/h1-3H,(H,6,7,8,9);1-2H,(H,5,6)(H,7,8)/b;2-1+. The van der Waals surface area contributed by atoms with Gasteiger partial charge in [-0.15, -0.1) is 0 Å². The number of aromatic nitrogens is 4. The molecular formula is C9H8N4O4. The van der Waals surface area contributed by atoms with Crippen molar-refractivity contribution in [3.8, 4) is 0 Å². The number of carboxylic acid groups (broad SMARTS) is 2. The summed E-state index contributed by atoms with van der Waals surface area (Å²) in [7, 11) is 0. The minimum Gasteiger partial charge on any atom is -0.478 e. The van der Waals surface area contributed by atoms with Crippen LogP contribution in [-0.2, 0) is 9.59 Å². The molecule has 0 aliphatic rings. The number of nitrogens with one attached hydrogen (secondary N) is 1. The number of carboxylic acids is 2. The van der Waals surface area contributed by atoms with Gasteiger partial charge in [0.15, 0.2) is 5.65 Å². The summed E-state index contributed by atoms with van der Waals surface area (Å²) in [5, 5.41) is 15.6. The minimum atomic E-state index is -1.26. The second-order valence-corrected chi connectivity index (χ2v) is 2.67. The third-order valence-electron chi connectivity index (χ3n) is 1.47. The van der Waals surface area contributed by atoms with Crippen LogP contribution in [0.15, 0.2) is 31.0 Å². The molecule has 2 rings (SSSR count). The second-order valence-electron chi connectivity index (χ2n) is 2.67. The normalized spacial score (nSPS) is 9.88. The summed E-state index contributed by atoms with van der Waals surface area (Å²) in [6.07, 6.45) is 5.88. The molecule has 0 aliphatic heterocycles. The molecule has 8 nitrogen and oxygen atoms in total. The zero-order chi connectivity index (χ0) is 12.7. The number of hydrogen-bond donors (Lipinski definition) is 3. The van der Waals surface area contributed by atoms with Gasteiger partial charge in [-0.1, -0.05) is 0 Å². The Hall–Kier alpha value is -2.77. The van der Waals surface area contributed by atoms with Crippen LogP contribution in [0.4, 0.5) is 0 Å². The molecular weight excluding hydrogens is 228 g/mol. The molecule has 0 radical (unpaired) electrons. The van der Waals surface area contributed by atoms with E-state index in [2.05, 4.69) is 19.9 Å². The molecule has 2 aromatic heterocycles. The molecule has 0 unspecified atom stereocenters. The molecule has 0 atom stereocenters. The predicted molar refractivity (Wildman–Crippen MR) is 56.1 cm³/mol. The van der Waals surface area contributed by atoms with Crippen LogP contribution in [0.3, 0.4) is 0 Å². The molecule has 2 heterocycles. The Bertz CT molecular complexity index is 502. The smallest absolute Gasteiger partial charge is 0.328 e. The van der Waals surface area contributed by atoms with Crippen molar-refractivity contribution in [2.24, 2.45) is 0 Å². The number of aromatic amines is 1. The molecule has 0 aliphatic carbocycles. The maximum Gasteiger partial charge on any atom is 0.328 e. The van der Waals surface area contributed by atoms with E-state index >= 15 is 0 Å². The molecule has 0 amide bonds. The van der Waals surface area contributed by atoms with Gasteiger partial charge in [-0.2, -0.15) is 0 Å². The number of fused-ring (bicyclic) bond motifs is 1. The molecule has 0 fully saturated rings. The molecule has 0 bridgehead atoms. The minimum absolute atomic E-state index is 0.558. The maximum absolute atomic E-state index is 9.55. The number of aliphatic carboxylic acids is 2. The number of rotatable bonds is 2. The van der Waals surface area contributed by atoms with E-state index in [9.17, 15) is 9.59 Å². The lowest BCUT2D eigenvalue weighted by Crippen LogP contribution is -1.91. The summed E-state index contributed by atoms with van der Waals surface area (Å²) in [5.41, 5.74) is 1.59. The van der Waals surface area contributed by atoms with E-state index < -0.39 is 11.9 Å². The fourth-order valence-corrected chi connectivity index (χ4v) is 0.833. The first-order valence-corrected chi connectivity index (χ1v) is 4.32. The van der Waals surface area contributed by atoms with Crippen molar-refractivity contribution in [2.75, 3.05) is 0 Å². The van der Waals surface area contributed by atoms with E-state index in [0.717, 1.165) is 5.52 Å². The molecule has 17 heavy (non-hydrogen) atoms. The van der Waals surface area contributed by atoms with E-state index in [1.54, 1.807) is 12.5 Å². The largest absolute Gasteiger partial charge is 0.478 e. The second kappa shape index (κ2) is 5.95. The number of carbonyl (C=O) groups is 2. The molecule has 0 spiro atoms. The zero-order valence-electron chi connectivity index (χ0n) is 8.44. The van der Waals surface area contributed by atoms with Crippen LogP contribution < -0.4 is 0 Å². The van der Waals surface area contributed by atoms with Crippen molar-refractivity contribution in [1.82, 2.24) is 19.9 Å². The fraction of sp³-hybridized carbons (Fsp3) is 0. The Labute approximate surface area is 94.7 Å². The van der Waals surface area contributed by atoms with Gasteiger partial charge in [0.1, 0.15) is 11.8 Å². The number of hydrogen-bond acceptors (Lipinski definition) is 5. The molecule has 88 valence electrons. The monoisotopic (exact) mass is 236 g/mol. The van der Waals surface area contributed by atoms with Crippen LogP contribution in [0.1, 0.15) is 0 Å². The van der Waals surface area contributed by atoms with Gasteiger partial charge in [-0.25, -0.2) is 24.5 Å². The lowest BCUT2D eigenvalue weighted by molar-refractivity contribution is -0.134. The van der Waals surface area contributed by atoms with Gasteiger partial charge in [-0.05, 0) is 0 Å². The molecule has 0 aromatic carbocycles. The van der Waals surface area contributed by atoms with Gasteiger partial charge < -0.3 is 15.2 Å². The highest BCUT2D eigenvalue weighted by Crippen LogP contribution is 1.99. The van der Waals surface area contributed by atoms with E-state index in [1.165, 1.54) is 6.33 Å². The summed E-state index contributed by atoms with van der Waals surface area (Å²) < 4.78 is 0. The summed E-state index contributed by atoms with van der Waals surface area (Å²) in [5.74, 6) is -2.51. The van der Waals surface area contributed by atoms with Crippen molar-refractivity contribution in [2.45, 2.75) is 0 Å². The zero-order valence-corrected chi connectivity index (χ0v) is 8.44. The highest BCUT2D eigenvalue weighted by atomic mass is 16.4.